The Morgan fingerprint density at radius 2 is 1.85 bits per heavy atom. The van der Waals surface area contributed by atoms with Crippen LogP contribution < -0.4 is 9.47 Å². The van der Waals surface area contributed by atoms with E-state index in [0.717, 1.165) is 16.6 Å². The molecule has 27 heavy (non-hydrogen) atoms. The van der Waals surface area contributed by atoms with E-state index >= 15 is 0 Å². The van der Waals surface area contributed by atoms with Gasteiger partial charge in [0.15, 0.2) is 18.1 Å². The average Bonchev–Trinajstić information content (AvgIpc) is 3.02. The van der Waals surface area contributed by atoms with Gasteiger partial charge in [0.25, 0.3) is 0 Å². The van der Waals surface area contributed by atoms with Crippen LogP contribution in [0.1, 0.15) is 33.3 Å². The molecule has 0 unspecified atom stereocenters. The lowest BCUT2D eigenvalue weighted by molar-refractivity contribution is 0.0474. The number of aryl methyl sites for hydroxylation is 1. The number of carbonyl (C=O) groups is 2. The first-order valence-corrected chi connectivity index (χ1v) is 8.63. The number of fused-ring (bicyclic) bond motifs is 1. The first-order chi connectivity index (χ1) is 13.0. The highest BCUT2D eigenvalue weighted by Gasteiger charge is 2.19. The van der Waals surface area contributed by atoms with Crippen LogP contribution in [0.25, 0.3) is 10.9 Å². The van der Waals surface area contributed by atoms with E-state index in [1.807, 2.05) is 38.1 Å². The third-order valence-electron chi connectivity index (χ3n) is 4.21. The molecule has 0 spiro atoms. The number of ether oxygens (including phenoxy) is 3. The molecule has 0 amide bonds. The summed E-state index contributed by atoms with van der Waals surface area (Å²) >= 11 is 0. The summed E-state index contributed by atoms with van der Waals surface area (Å²) in [5.74, 6) is 0.130. The highest BCUT2D eigenvalue weighted by molar-refractivity contribution is 6.10. The Labute approximate surface area is 157 Å². The van der Waals surface area contributed by atoms with Crippen LogP contribution >= 0.6 is 0 Å². The molecule has 6 nitrogen and oxygen atoms in total. The molecule has 0 atom stereocenters. The molecule has 1 aromatic heterocycles. The fourth-order valence-corrected chi connectivity index (χ4v) is 2.99. The summed E-state index contributed by atoms with van der Waals surface area (Å²) in [5.41, 5.74) is 2.46. The molecule has 6 heteroatoms. The smallest absolute Gasteiger partial charge is 0.338 e. The van der Waals surface area contributed by atoms with Gasteiger partial charge in [0.2, 0.25) is 5.78 Å². The molecule has 2 aromatic carbocycles. The van der Waals surface area contributed by atoms with Crippen molar-refractivity contribution in [3.8, 4) is 11.5 Å². The zero-order chi connectivity index (χ0) is 19.4. The Hall–Kier alpha value is -3.28. The molecule has 0 aliphatic rings. The SMILES string of the molecule is CCOc1ccc(C(=O)OCC(=O)c2c(C)[nH]c3ccccc23)cc1OC. The van der Waals surface area contributed by atoms with E-state index in [2.05, 4.69) is 4.98 Å². The van der Waals surface area contributed by atoms with Crippen LogP contribution in [0.15, 0.2) is 42.5 Å². The number of nitrogens with one attached hydrogen (secondary N) is 1. The summed E-state index contributed by atoms with van der Waals surface area (Å²) in [6, 6.07) is 12.3. The van der Waals surface area contributed by atoms with Gasteiger partial charge in [0, 0.05) is 22.2 Å². The second kappa shape index (κ2) is 7.95. The number of rotatable bonds is 7. The number of carbonyl (C=O) groups excluding carboxylic acids is 2. The second-order valence-corrected chi connectivity index (χ2v) is 5.97. The summed E-state index contributed by atoms with van der Waals surface area (Å²) in [5, 5.41) is 0.818. The summed E-state index contributed by atoms with van der Waals surface area (Å²) in [6.07, 6.45) is 0. The number of ketones is 1. The maximum Gasteiger partial charge on any atom is 0.338 e. The minimum atomic E-state index is -0.595. The van der Waals surface area contributed by atoms with Crippen LogP contribution in [-0.2, 0) is 4.74 Å². The topological polar surface area (TPSA) is 77.6 Å². The summed E-state index contributed by atoms with van der Waals surface area (Å²) in [6.45, 7) is 3.84. The van der Waals surface area contributed by atoms with Gasteiger partial charge < -0.3 is 19.2 Å². The van der Waals surface area contributed by atoms with Crippen LogP contribution in [0, 0.1) is 6.92 Å². The zero-order valence-corrected chi connectivity index (χ0v) is 15.5. The number of aromatic nitrogens is 1. The van der Waals surface area contributed by atoms with Crippen LogP contribution in [0.2, 0.25) is 0 Å². The van der Waals surface area contributed by atoms with Crippen LogP contribution in [0.3, 0.4) is 0 Å². The van der Waals surface area contributed by atoms with Gasteiger partial charge in [0.05, 0.1) is 19.3 Å². The average molecular weight is 367 g/mol. The van der Waals surface area contributed by atoms with Crippen LogP contribution in [0.4, 0.5) is 0 Å². The van der Waals surface area contributed by atoms with E-state index < -0.39 is 5.97 Å². The molecule has 0 fully saturated rings. The van der Waals surface area contributed by atoms with Crippen LogP contribution in [0.5, 0.6) is 11.5 Å². The second-order valence-electron chi connectivity index (χ2n) is 5.97. The first-order valence-electron chi connectivity index (χ1n) is 8.63. The number of Topliss-reactive ketones (excluding diaryl/α,β-unsaturated/α-hetero) is 1. The fraction of sp³-hybridized carbons (Fsp3) is 0.238. The van der Waals surface area contributed by atoms with Gasteiger partial charge in [-0.3, -0.25) is 4.79 Å². The van der Waals surface area contributed by atoms with Crippen molar-refractivity contribution >= 4 is 22.7 Å². The lowest BCUT2D eigenvalue weighted by Crippen LogP contribution is -2.15. The van der Waals surface area contributed by atoms with Crippen molar-refractivity contribution in [2.45, 2.75) is 13.8 Å². The van der Waals surface area contributed by atoms with Gasteiger partial charge in [-0.15, -0.1) is 0 Å². The number of benzene rings is 2. The third-order valence-corrected chi connectivity index (χ3v) is 4.21. The van der Waals surface area contributed by atoms with Gasteiger partial charge >= 0.3 is 5.97 Å². The monoisotopic (exact) mass is 367 g/mol. The van der Waals surface area contributed by atoms with E-state index in [4.69, 9.17) is 14.2 Å². The predicted octanol–water partition coefficient (Wildman–Crippen LogP) is 3.92. The number of hydrogen-bond acceptors (Lipinski definition) is 5. The molecule has 1 heterocycles. The van der Waals surface area contributed by atoms with Gasteiger partial charge in [-0.25, -0.2) is 4.79 Å². The van der Waals surface area contributed by atoms with Crippen molar-refractivity contribution in [1.29, 1.82) is 0 Å². The minimum absolute atomic E-state index is 0.254. The van der Waals surface area contributed by atoms with Crippen molar-refractivity contribution < 1.29 is 23.8 Å². The number of esters is 1. The Balaban J connectivity index is 1.73. The molecule has 140 valence electrons. The first kappa shape index (κ1) is 18.5. The van der Waals surface area contributed by atoms with E-state index in [1.165, 1.54) is 13.2 Å². The van der Waals surface area contributed by atoms with E-state index in [1.54, 1.807) is 12.1 Å². The molecule has 0 bridgehead atoms. The molecule has 0 radical (unpaired) electrons. The molecule has 0 saturated heterocycles. The summed E-state index contributed by atoms with van der Waals surface area (Å²) in [7, 11) is 1.50. The Bertz CT molecular complexity index is 989. The Kier molecular flexibility index (Phi) is 5.45. The van der Waals surface area contributed by atoms with Crippen LogP contribution in [-0.4, -0.2) is 37.1 Å². The molecule has 0 saturated carbocycles. The van der Waals surface area contributed by atoms with Gasteiger partial charge in [-0.05, 0) is 38.1 Å². The highest BCUT2D eigenvalue weighted by atomic mass is 16.5. The lowest BCUT2D eigenvalue weighted by atomic mass is 10.1. The highest BCUT2D eigenvalue weighted by Crippen LogP contribution is 2.28. The largest absolute Gasteiger partial charge is 0.493 e. The van der Waals surface area contributed by atoms with Crippen molar-refractivity contribution in [3.05, 3.63) is 59.3 Å². The van der Waals surface area contributed by atoms with E-state index in [0.29, 0.717) is 29.2 Å². The number of hydrogen-bond donors (Lipinski definition) is 1. The van der Waals surface area contributed by atoms with Crippen molar-refractivity contribution in [2.24, 2.45) is 0 Å². The van der Waals surface area contributed by atoms with Gasteiger partial charge in [-0.2, -0.15) is 0 Å². The maximum atomic E-state index is 12.6. The normalized spacial score (nSPS) is 10.6. The predicted molar refractivity (Wildman–Crippen MR) is 102 cm³/mol. The molecule has 3 aromatic rings. The van der Waals surface area contributed by atoms with Gasteiger partial charge in [0.1, 0.15) is 0 Å². The van der Waals surface area contributed by atoms with Crippen molar-refractivity contribution in [3.63, 3.8) is 0 Å². The molecule has 0 aliphatic heterocycles. The van der Waals surface area contributed by atoms with E-state index in [-0.39, 0.29) is 12.4 Å². The molecule has 3 rings (SSSR count). The molecule has 1 N–H and O–H groups in total. The number of methoxy groups -OCH3 is 1. The molecular formula is C21H21NO5. The zero-order valence-electron chi connectivity index (χ0n) is 15.5. The lowest BCUT2D eigenvalue weighted by Gasteiger charge is -2.10. The summed E-state index contributed by atoms with van der Waals surface area (Å²) in [4.78, 5) is 28.1. The fourth-order valence-electron chi connectivity index (χ4n) is 2.99. The number of H-pyrrole nitrogens is 1. The third kappa shape index (κ3) is 3.79. The van der Waals surface area contributed by atoms with Gasteiger partial charge in [-0.1, -0.05) is 18.2 Å². The van der Waals surface area contributed by atoms with Crippen molar-refractivity contribution in [1.82, 2.24) is 4.98 Å². The quantitative estimate of drug-likeness (QED) is 0.506. The summed E-state index contributed by atoms with van der Waals surface area (Å²) < 4.78 is 15.9. The minimum Gasteiger partial charge on any atom is -0.493 e. The number of para-hydroxylation sites is 1. The molecule has 0 aliphatic carbocycles. The van der Waals surface area contributed by atoms with Crippen molar-refractivity contribution in [2.75, 3.05) is 20.3 Å². The standard InChI is InChI=1S/C21H21NO5/c1-4-26-18-10-9-14(11-19(18)25-3)21(24)27-12-17(23)20-13(2)22-16-8-6-5-7-15(16)20/h5-11,22H,4,12H2,1-3H3. The van der Waals surface area contributed by atoms with E-state index in [9.17, 15) is 9.59 Å². The number of aromatic amines is 1. The Morgan fingerprint density at radius 3 is 2.59 bits per heavy atom. The maximum absolute atomic E-state index is 12.6. The molecular weight excluding hydrogens is 346 g/mol. The Morgan fingerprint density at radius 1 is 1.07 bits per heavy atom.